The molecule has 242 valence electrons. The number of rotatable bonds is 8. The second-order valence-corrected chi connectivity index (χ2v) is 10.5. The number of hydrogen-bond acceptors (Lipinski definition) is 14. The number of phenolic OH excluding ortho intramolecular Hbond substituents is 2. The highest BCUT2D eigenvalue weighted by molar-refractivity contribution is 6.10. The maximum Gasteiger partial charge on any atom is 0.229 e. The van der Waals surface area contributed by atoms with Crippen molar-refractivity contribution in [3.8, 4) is 57.1 Å². The standard InChI is InChI=1S/C32H30O14/c1-40-19-6-13(4-5-17(19)35)18-11-16-25-20(43-18)9-15(34)10-21(25)44-30(14-7-22(41-2)26(36)23(8-14)42-3)31(16)46-32-29(39)28(38)27(37)24(12-33)45-32/h4-11,24,27-29,32-33,35-39H,12H2,1-3H3/t24-,27-,28?,29?,32+/m1/s1. The van der Waals surface area contributed by atoms with Gasteiger partial charge in [-0.1, -0.05) is 0 Å². The fourth-order valence-electron chi connectivity index (χ4n) is 5.39. The molecule has 5 atom stereocenters. The van der Waals surface area contributed by atoms with Crippen molar-refractivity contribution in [2.45, 2.75) is 30.7 Å². The van der Waals surface area contributed by atoms with E-state index in [4.69, 9.17) is 32.5 Å². The highest BCUT2D eigenvalue weighted by Gasteiger charge is 2.45. The second kappa shape index (κ2) is 12.1. The summed E-state index contributed by atoms with van der Waals surface area (Å²) in [6.07, 6.45) is -8.11. The van der Waals surface area contributed by atoms with E-state index in [0.29, 0.717) is 10.9 Å². The molecule has 6 N–H and O–H groups in total. The van der Waals surface area contributed by atoms with E-state index < -0.39 is 42.7 Å². The molecule has 2 unspecified atom stereocenters. The zero-order valence-corrected chi connectivity index (χ0v) is 24.7. The first-order chi connectivity index (χ1) is 22.1. The predicted molar refractivity (Wildman–Crippen MR) is 161 cm³/mol. The molecule has 1 saturated heterocycles. The SMILES string of the molecule is COc1cc(-c2cc3c(O[C@@H]4O[C@H](CO)[C@@H](O)C(O)C4O)c(-c4cc(OC)c(O)c(OC)c4)oc4cc(=O)cc(o2)c43)ccc1O. The van der Waals surface area contributed by atoms with Crippen LogP contribution in [0.1, 0.15) is 0 Å². The molecular formula is C32H30O14. The van der Waals surface area contributed by atoms with Crippen LogP contribution in [0.15, 0.2) is 62.2 Å². The third kappa shape index (κ3) is 5.21. The molecule has 5 aromatic rings. The van der Waals surface area contributed by atoms with Gasteiger partial charge in [0.1, 0.15) is 41.3 Å². The molecule has 2 aromatic heterocycles. The highest BCUT2D eigenvalue weighted by Crippen LogP contribution is 2.48. The zero-order chi connectivity index (χ0) is 32.9. The topological polar surface area (TPSA) is 211 Å². The Hall–Kier alpha value is -4.99. The van der Waals surface area contributed by atoms with Crippen molar-refractivity contribution < 1.29 is 63.2 Å². The number of aliphatic hydroxyl groups is 4. The molecule has 0 spiro atoms. The minimum Gasteiger partial charge on any atom is -0.504 e. The van der Waals surface area contributed by atoms with Crippen LogP contribution < -0.4 is 24.4 Å². The summed E-state index contributed by atoms with van der Waals surface area (Å²) >= 11 is 0. The minimum atomic E-state index is -1.79. The molecule has 0 radical (unpaired) electrons. The average molecular weight is 639 g/mol. The van der Waals surface area contributed by atoms with E-state index in [2.05, 4.69) is 0 Å². The van der Waals surface area contributed by atoms with E-state index in [0.717, 1.165) is 0 Å². The van der Waals surface area contributed by atoms with Gasteiger partial charge in [0.15, 0.2) is 39.9 Å². The zero-order valence-electron chi connectivity index (χ0n) is 24.7. The maximum atomic E-state index is 12.8. The molecule has 0 aliphatic carbocycles. The summed E-state index contributed by atoms with van der Waals surface area (Å²) < 4.78 is 40.2. The van der Waals surface area contributed by atoms with Gasteiger partial charge in [-0.25, -0.2) is 0 Å². The van der Waals surface area contributed by atoms with Gasteiger partial charge in [0.2, 0.25) is 12.0 Å². The Morgan fingerprint density at radius 3 is 2.02 bits per heavy atom. The monoisotopic (exact) mass is 638 g/mol. The van der Waals surface area contributed by atoms with Crippen molar-refractivity contribution in [1.29, 1.82) is 0 Å². The van der Waals surface area contributed by atoms with Crippen molar-refractivity contribution >= 4 is 21.9 Å². The molecule has 0 saturated carbocycles. The van der Waals surface area contributed by atoms with Crippen molar-refractivity contribution in [1.82, 2.24) is 0 Å². The number of aliphatic hydroxyl groups excluding tert-OH is 4. The number of methoxy groups -OCH3 is 3. The van der Waals surface area contributed by atoms with Gasteiger partial charge < -0.3 is 63.2 Å². The summed E-state index contributed by atoms with van der Waals surface area (Å²) in [6, 6.07) is 11.4. The summed E-state index contributed by atoms with van der Waals surface area (Å²) in [5, 5.41) is 62.8. The first-order valence-electron chi connectivity index (χ1n) is 13.9. The van der Waals surface area contributed by atoms with E-state index in [1.54, 1.807) is 12.1 Å². The lowest BCUT2D eigenvalue weighted by Crippen LogP contribution is -2.60. The summed E-state index contributed by atoms with van der Waals surface area (Å²) in [5.74, 6) is -0.179. The van der Waals surface area contributed by atoms with Crippen LogP contribution in [0, 0.1) is 0 Å². The largest absolute Gasteiger partial charge is 0.504 e. The van der Waals surface area contributed by atoms with E-state index in [1.807, 2.05) is 0 Å². The fourth-order valence-corrected chi connectivity index (χ4v) is 5.39. The van der Waals surface area contributed by atoms with Crippen LogP contribution in [0.25, 0.3) is 44.6 Å². The Morgan fingerprint density at radius 2 is 1.39 bits per heavy atom. The smallest absolute Gasteiger partial charge is 0.229 e. The Kier molecular flexibility index (Phi) is 8.14. The first-order valence-corrected chi connectivity index (χ1v) is 13.9. The molecule has 1 aliphatic heterocycles. The molecule has 6 rings (SSSR count). The predicted octanol–water partition coefficient (Wildman–Crippen LogP) is 2.49. The van der Waals surface area contributed by atoms with Gasteiger partial charge in [-0.3, -0.25) is 4.79 Å². The normalized spacial score (nSPS) is 21.4. The van der Waals surface area contributed by atoms with E-state index in [-0.39, 0.29) is 68.1 Å². The van der Waals surface area contributed by atoms with Crippen LogP contribution in [0.4, 0.5) is 0 Å². The summed E-state index contributed by atoms with van der Waals surface area (Å²) in [7, 11) is 4.05. The molecule has 14 nitrogen and oxygen atoms in total. The number of hydrogen-bond donors (Lipinski definition) is 6. The summed E-state index contributed by atoms with van der Waals surface area (Å²) in [5.41, 5.74) is 0.403. The molecule has 14 heteroatoms. The molecular weight excluding hydrogens is 608 g/mol. The average Bonchev–Trinajstić information content (AvgIpc) is 3.05. The Bertz CT molecular complexity index is 1950. The molecule has 3 heterocycles. The van der Waals surface area contributed by atoms with Gasteiger partial charge in [-0.05, 0) is 36.4 Å². The number of aromatic hydroxyl groups is 2. The second-order valence-electron chi connectivity index (χ2n) is 10.5. The quantitative estimate of drug-likeness (QED) is 0.144. The van der Waals surface area contributed by atoms with Gasteiger partial charge in [-0.2, -0.15) is 0 Å². The number of phenols is 2. The van der Waals surface area contributed by atoms with Crippen molar-refractivity contribution in [2.75, 3.05) is 27.9 Å². The van der Waals surface area contributed by atoms with Gasteiger partial charge in [0.05, 0.1) is 33.3 Å². The minimum absolute atomic E-state index is 0.00565. The first kappa shape index (κ1) is 31.0. The van der Waals surface area contributed by atoms with Gasteiger partial charge in [-0.15, -0.1) is 0 Å². The lowest BCUT2D eigenvalue weighted by molar-refractivity contribution is -0.277. The van der Waals surface area contributed by atoms with Crippen LogP contribution in [0.2, 0.25) is 0 Å². The number of ether oxygens (including phenoxy) is 5. The lowest BCUT2D eigenvalue weighted by Gasteiger charge is -2.39. The third-order valence-electron chi connectivity index (χ3n) is 7.76. The van der Waals surface area contributed by atoms with Crippen LogP contribution in [0.3, 0.4) is 0 Å². The molecule has 1 aliphatic rings. The van der Waals surface area contributed by atoms with E-state index in [9.17, 15) is 35.4 Å². The van der Waals surface area contributed by atoms with Crippen molar-refractivity contribution in [3.05, 3.63) is 58.8 Å². The van der Waals surface area contributed by atoms with Crippen LogP contribution in [-0.2, 0) is 4.74 Å². The molecule has 3 aromatic carbocycles. The number of benzene rings is 3. The molecule has 1 fully saturated rings. The van der Waals surface area contributed by atoms with Gasteiger partial charge in [0, 0.05) is 28.6 Å². The highest BCUT2D eigenvalue weighted by atomic mass is 16.7. The Labute approximate surface area is 259 Å². The van der Waals surface area contributed by atoms with Crippen molar-refractivity contribution in [3.63, 3.8) is 0 Å². The summed E-state index contributed by atoms with van der Waals surface area (Å²) in [6.45, 7) is -0.698. The van der Waals surface area contributed by atoms with Crippen LogP contribution >= 0.6 is 0 Å². The van der Waals surface area contributed by atoms with Gasteiger partial charge in [0.25, 0.3) is 0 Å². The molecule has 0 amide bonds. The summed E-state index contributed by atoms with van der Waals surface area (Å²) in [4.78, 5) is 12.8. The van der Waals surface area contributed by atoms with Crippen molar-refractivity contribution in [2.24, 2.45) is 0 Å². The van der Waals surface area contributed by atoms with Crippen LogP contribution in [-0.4, -0.2) is 89.3 Å². The molecule has 46 heavy (non-hydrogen) atoms. The Morgan fingerprint density at radius 1 is 0.761 bits per heavy atom. The van der Waals surface area contributed by atoms with Crippen LogP contribution in [0.5, 0.6) is 34.5 Å². The Balaban J connectivity index is 1.68. The lowest BCUT2D eigenvalue weighted by atomic mass is 9.99. The van der Waals surface area contributed by atoms with E-state index in [1.165, 1.54) is 57.7 Å². The third-order valence-corrected chi connectivity index (χ3v) is 7.76. The van der Waals surface area contributed by atoms with Gasteiger partial charge >= 0.3 is 0 Å². The molecule has 0 bridgehead atoms. The maximum absolute atomic E-state index is 12.8. The fraction of sp³-hybridized carbons (Fsp3) is 0.281. The van der Waals surface area contributed by atoms with E-state index >= 15 is 0 Å².